The molecule has 1 saturated heterocycles. The zero-order valence-electron chi connectivity index (χ0n) is 11.9. The summed E-state index contributed by atoms with van der Waals surface area (Å²) in [5, 5.41) is 3.59. The van der Waals surface area contributed by atoms with Crippen molar-refractivity contribution in [1.29, 1.82) is 0 Å². The quantitative estimate of drug-likeness (QED) is 0.894. The van der Waals surface area contributed by atoms with Gasteiger partial charge in [-0.25, -0.2) is 4.98 Å². The highest BCUT2D eigenvalue weighted by Gasteiger charge is 2.24. The normalized spacial score (nSPS) is 20.1. The van der Waals surface area contributed by atoms with Crippen LogP contribution in [0.2, 0.25) is 0 Å². The summed E-state index contributed by atoms with van der Waals surface area (Å²) in [4.78, 5) is 6.98. The minimum atomic E-state index is 0.539. The van der Waals surface area contributed by atoms with E-state index in [9.17, 15) is 0 Å². The van der Waals surface area contributed by atoms with Gasteiger partial charge in [-0.3, -0.25) is 0 Å². The first-order chi connectivity index (χ1) is 9.74. The Kier molecular flexibility index (Phi) is 4.58. The summed E-state index contributed by atoms with van der Waals surface area (Å²) in [5.41, 5.74) is 1.28. The molecule has 3 rings (SSSR count). The van der Waals surface area contributed by atoms with Gasteiger partial charge in [-0.2, -0.15) is 0 Å². The van der Waals surface area contributed by atoms with Gasteiger partial charge in [-0.15, -0.1) is 0 Å². The van der Waals surface area contributed by atoms with Crippen molar-refractivity contribution in [3.05, 3.63) is 22.3 Å². The topological polar surface area (TPSA) is 37.4 Å². The lowest BCUT2D eigenvalue weighted by Crippen LogP contribution is -2.38. The van der Waals surface area contributed by atoms with Gasteiger partial charge in [0.05, 0.1) is 0 Å². The van der Waals surface area contributed by atoms with Crippen LogP contribution >= 0.6 is 15.9 Å². The Labute approximate surface area is 129 Å². The smallest absolute Gasteiger partial charge is 0.133 e. The van der Waals surface area contributed by atoms with E-state index in [4.69, 9.17) is 4.74 Å². The summed E-state index contributed by atoms with van der Waals surface area (Å²) < 4.78 is 6.51. The van der Waals surface area contributed by atoms with Crippen molar-refractivity contribution in [2.24, 2.45) is 0 Å². The molecule has 0 atom stereocenters. The molecule has 110 valence electrons. The van der Waals surface area contributed by atoms with Crippen LogP contribution in [0.5, 0.6) is 0 Å². The molecule has 0 bridgehead atoms. The zero-order valence-corrected chi connectivity index (χ0v) is 13.5. The summed E-state index contributed by atoms with van der Waals surface area (Å²) in [5.74, 6) is 1.10. The molecule has 1 aromatic rings. The molecule has 1 aliphatic carbocycles. The molecule has 2 aliphatic rings. The molecule has 2 fully saturated rings. The van der Waals surface area contributed by atoms with Crippen molar-refractivity contribution in [3.8, 4) is 0 Å². The lowest BCUT2D eigenvalue weighted by molar-refractivity contribution is 0.0853. The van der Waals surface area contributed by atoms with Gasteiger partial charge >= 0.3 is 0 Å². The Balaban J connectivity index is 1.75. The third-order valence-electron chi connectivity index (χ3n) is 4.14. The molecule has 20 heavy (non-hydrogen) atoms. The third kappa shape index (κ3) is 3.51. The van der Waals surface area contributed by atoms with Gasteiger partial charge in [0.15, 0.2) is 0 Å². The first kappa shape index (κ1) is 14.3. The molecule has 0 spiro atoms. The predicted octanol–water partition coefficient (Wildman–Crippen LogP) is 2.71. The third-order valence-corrected chi connectivity index (χ3v) is 4.57. The minimum Gasteiger partial charge on any atom is -0.381 e. The number of rotatable bonds is 5. The van der Waals surface area contributed by atoms with Crippen LogP contribution in [0, 0.1) is 0 Å². The molecule has 2 heterocycles. The largest absolute Gasteiger partial charge is 0.381 e. The van der Waals surface area contributed by atoms with Crippen LogP contribution in [0.15, 0.2) is 16.7 Å². The fourth-order valence-corrected chi connectivity index (χ4v) is 3.09. The highest BCUT2D eigenvalue weighted by Crippen LogP contribution is 2.26. The van der Waals surface area contributed by atoms with Gasteiger partial charge in [0, 0.05) is 55.1 Å². The number of halogens is 1. The van der Waals surface area contributed by atoms with Gasteiger partial charge in [0.1, 0.15) is 5.82 Å². The van der Waals surface area contributed by atoms with E-state index in [-0.39, 0.29) is 0 Å². The molecular weight excluding hydrogens is 318 g/mol. The monoisotopic (exact) mass is 339 g/mol. The van der Waals surface area contributed by atoms with Gasteiger partial charge in [-0.1, -0.05) is 0 Å². The number of anilines is 1. The van der Waals surface area contributed by atoms with Crippen LogP contribution in [-0.2, 0) is 11.3 Å². The number of nitrogens with one attached hydrogen (secondary N) is 1. The number of aromatic nitrogens is 1. The summed E-state index contributed by atoms with van der Waals surface area (Å²) >= 11 is 3.54. The molecule has 1 N–H and O–H groups in total. The van der Waals surface area contributed by atoms with E-state index in [2.05, 4.69) is 44.2 Å². The maximum Gasteiger partial charge on any atom is 0.133 e. The Hall–Kier alpha value is -0.650. The number of hydrogen-bond acceptors (Lipinski definition) is 4. The van der Waals surface area contributed by atoms with Crippen LogP contribution in [0.1, 0.15) is 31.2 Å². The maximum atomic E-state index is 5.46. The number of hydrogen-bond donors (Lipinski definition) is 1. The van der Waals surface area contributed by atoms with E-state index in [1.807, 2.05) is 6.20 Å². The van der Waals surface area contributed by atoms with E-state index < -0.39 is 0 Å². The van der Waals surface area contributed by atoms with Crippen molar-refractivity contribution in [2.45, 2.75) is 44.3 Å². The van der Waals surface area contributed by atoms with Crippen LogP contribution < -0.4 is 10.2 Å². The molecule has 4 nitrogen and oxygen atoms in total. The summed E-state index contributed by atoms with van der Waals surface area (Å²) in [7, 11) is 2.16. The van der Waals surface area contributed by atoms with E-state index in [0.29, 0.717) is 6.04 Å². The summed E-state index contributed by atoms with van der Waals surface area (Å²) in [6.45, 7) is 2.63. The van der Waals surface area contributed by atoms with Crippen LogP contribution in [-0.4, -0.2) is 37.3 Å². The summed E-state index contributed by atoms with van der Waals surface area (Å²) in [6.07, 6.45) is 6.69. The first-order valence-electron chi connectivity index (χ1n) is 7.42. The fraction of sp³-hybridized carbons (Fsp3) is 0.667. The zero-order chi connectivity index (χ0) is 13.9. The van der Waals surface area contributed by atoms with Gasteiger partial charge in [-0.05, 0) is 47.7 Å². The van der Waals surface area contributed by atoms with E-state index in [1.54, 1.807) is 0 Å². The lowest BCUT2D eigenvalue weighted by atomic mass is 10.1. The highest BCUT2D eigenvalue weighted by atomic mass is 79.9. The van der Waals surface area contributed by atoms with Crippen molar-refractivity contribution in [3.63, 3.8) is 0 Å². The summed E-state index contributed by atoms with van der Waals surface area (Å²) in [6, 6.07) is 3.44. The van der Waals surface area contributed by atoms with E-state index in [1.165, 1.54) is 18.4 Å². The second-order valence-corrected chi connectivity index (χ2v) is 6.66. The van der Waals surface area contributed by atoms with Crippen molar-refractivity contribution in [2.75, 3.05) is 25.2 Å². The highest BCUT2D eigenvalue weighted by molar-refractivity contribution is 9.10. The minimum absolute atomic E-state index is 0.539. The molecule has 5 heteroatoms. The number of pyridine rings is 1. The average Bonchev–Trinajstić information content (AvgIpc) is 3.30. The number of nitrogens with zero attached hydrogens (tertiary/aromatic N) is 2. The Morgan fingerprint density at radius 1 is 1.35 bits per heavy atom. The fourth-order valence-electron chi connectivity index (χ4n) is 2.71. The molecule has 1 aliphatic heterocycles. The molecule has 1 saturated carbocycles. The second-order valence-electron chi connectivity index (χ2n) is 5.75. The van der Waals surface area contributed by atoms with Gasteiger partial charge in [0.2, 0.25) is 0 Å². The molecule has 0 unspecified atom stereocenters. The van der Waals surface area contributed by atoms with Crippen LogP contribution in [0.4, 0.5) is 5.82 Å². The maximum absolute atomic E-state index is 5.46. The average molecular weight is 340 g/mol. The Morgan fingerprint density at radius 3 is 2.80 bits per heavy atom. The van der Waals surface area contributed by atoms with E-state index in [0.717, 1.165) is 48.9 Å². The molecule has 0 radical (unpaired) electrons. The molecule has 0 aromatic carbocycles. The van der Waals surface area contributed by atoms with Crippen molar-refractivity contribution < 1.29 is 4.74 Å². The van der Waals surface area contributed by atoms with Crippen LogP contribution in [0.25, 0.3) is 0 Å². The standard InChI is InChI=1S/C15H22BrN3O/c1-19(14-4-6-20-7-5-14)15-11(8-12(16)10-18-15)9-17-13-2-3-13/h8,10,13-14,17H,2-7,9H2,1H3. The second kappa shape index (κ2) is 6.41. The van der Waals surface area contributed by atoms with Crippen LogP contribution in [0.3, 0.4) is 0 Å². The lowest BCUT2D eigenvalue weighted by Gasteiger charge is -2.33. The van der Waals surface area contributed by atoms with Gasteiger partial charge < -0.3 is 15.0 Å². The molecular formula is C15H22BrN3O. The van der Waals surface area contributed by atoms with Gasteiger partial charge in [0.25, 0.3) is 0 Å². The molecule has 1 aromatic heterocycles. The van der Waals surface area contributed by atoms with Crippen molar-refractivity contribution >= 4 is 21.7 Å². The Morgan fingerprint density at radius 2 is 2.10 bits per heavy atom. The van der Waals surface area contributed by atoms with Crippen molar-refractivity contribution in [1.82, 2.24) is 10.3 Å². The van der Waals surface area contributed by atoms with E-state index >= 15 is 0 Å². The SMILES string of the molecule is CN(c1ncc(Br)cc1CNC1CC1)C1CCOCC1. The predicted molar refractivity (Wildman–Crippen MR) is 84.0 cm³/mol. The Bertz CT molecular complexity index is 458. The first-order valence-corrected chi connectivity index (χ1v) is 8.21. The molecule has 0 amide bonds. The number of ether oxygens (including phenoxy) is 1.